The minimum absolute atomic E-state index is 0.0422. The molecule has 0 aromatic heterocycles. The van der Waals surface area contributed by atoms with Gasteiger partial charge in [-0.15, -0.1) is 0 Å². The van der Waals surface area contributed by atoms with E-state index in [1.165, 1.54) is 26.8 Å². The molecule has 1 saturated heterocycles. The van der Waals surface area contributed by atoms with Crippen LogP contribution in [0.4, 0.5) is 0 Å². The van der Waals surface area contributed by atoms with Crippen molar-refractivity contribution in [3.05, 3.63) is 71.3 Å². The molecule has 12 heteroatoms. The van der Waals surface area contributed by atoms with Crippen LogP contribution in [0.15, 0.2) is 65.8 Å². The molecule has 1 aromatic carbocycles. The first-order chi connectivity index (χ1) is 23.2. The molecule has 0 spiro atoms. The van der Waals surface area contributed by atoms with Crippen LogP contribution in [0.3, 0.4) is 0 Å². The third-order valence-corrected chi connectivity index (χ3v) is 9.80. The highest BCUT2D eigenvalue weighted by atomic mass is 16.7. The monoisotopic (exact) mass is 696 g/mol. The molecular weight excluding hydrogens is 648 g/mol. The lowest BCUT2D eigenvalue weighted by molar-refractivity contribution is -0.285. The fraction of sp³-hybridized carbons (Fsp3) is 0.553. The zero-order valence-electron chi connectivity index (χ0n) is 30.3. The summed E-state index contributed by atoms with van der Waals surface area (Å²) in [4.78, 5) is 65.4. The van der Waals surface area contributed by atoms with Gasteiger partial charge in [0, 0.05) is 55.6 Å². The van der Waals surface area contributed by atoms with Gasteiger partial charge in [0.1, 0.15) is 11.7 Å². The molecule has 272 valence electrons. The summed E-state index contributed by atoms with van der Waals surface area (Å²) in [5.41, 5.74) is -4.25. The van der Waals surface area contributed by atoms with Gasteiger partial charge in [-0.05, 0) is 39.0 Å². The van der Waals surface area contributed by atoms with E-state index in [4.69, 9.17) is 28.4 Å². The predicted molar refractivity (Wildman–Crippen MR) is 179 cm³/mol. The van der Waals surface area contributed by atoms with Gasteiger partial charge in [0.25, 0.3) is 0 Å². The second-order valence-electron chi connectivity index (χ2n) is 14.2. The van der Waals surface area contributed by atoms with Crippen molar-refractivity contribution in [1.29, 1.82) is 0 Å². The van der Waals surface area contributed by atoms with E-state index in [2.05, 4.69) is 0 Å². The highest BCUT2D eigenvalue weighted by Crippen LogP contribution is 2.55. The maximum Gasteiger partial charge on any atom is 0.338 e. The third kappa shape index (κ3) is 7.14. The van der Waals surface area contributed by atoms with Crippen LogP contribution >= 0.6 is 0 Å². The SMILES string of the molecule is C/C=C(\C)C(=O)O[C@@H]1[C@H](OC(C)=O)[C@]2(O)O[C@@]1(C)/C=C1\[C@@H](OC(=O)c3ccccc3)[C@@H](C)C[C@]1(OC(C)=O)[C@@H](OC(C)=O)[C@H](C)/C=C/C2(C)C. The Hall–Kier alpha value is -4.29. The molecule has 4 rings (SSSR count). The van der Waals surface area contributed by atoms with E-state index >= 15 is 0 Å². The van der Waals surface area contributed by atoms with Gasteiger partial charge in [0.2, 0.25) is 5.79 Å². The smallest absolute Gasteiger partial charge is 0.338 e. The number of ether oxygens (including phenoxy) is 6. The summed E-state index contributed by atoms with van der Waals surface area (Å²) in [6, 6.07) is 8.31. The van der Waals surface area contributed by atoms with Crippen LogP contribution in [0, 0.1) is 17.3 Å². The molecule has 1 N–H and O–H groups in total. The number of allylic oxidation sites excluding steroid dienone is 1. The molecule has 2 bridgehead atoms. The van der Waals surface area contributed by atoms with Crippen LogP contribution in [0.2, 0.25) is 0 Å². The number of carbonyl (C=O) groups is 5. The van der Waals surface area contributed by atoms with Gasteiger partial charge < -0.3 is 33.5 Å². The van der Waals surface area contributed by atoms with Crippen LogP contribution in [-0.2, 0) is 47.6 Å². The van der Waals surface area contributed by atoms with Gasteiger partial charge >= 0.3 is 29.8 Å². The average molecular weight is 697 g/mol. The Balaban J connectivity index is 2.11. The maximum atomic E-state index is 13.6. The molecule has 0 amide bonds. The Kier molecular flexibility index (Phi) is 10.9. The molecule has 1 saturated carbocycles. The summed E-state index contributed by atoms with van der Waals surface area (Å²) in [6.45, 7) is 15.2. The summed E-state index contributed by atoms with van der Waals surface area (Å²) < 4.78 is 36.7. The Morgan fingerprint density at radius 2 is 1.44 bits per heavy atom. The second kappa shape index (κ2) is 14.1. The summed E-state index contributed by atoms with van der Waals surface area (Å²) in [5, 5.41) is 12.5. The number of rotatable bonds is 7. The van der Waals surface area contributed by atoms with Gasteiger partial charge in [-0.25, -0.2) is 9.59 Å². The number of carbonyl (C=O) groups excluding carboxylic acids is 5. The Bertz CT molecular complexity index is 1610. The van der Waals surface area contributed by atoms with Crippen molar-refractivity contribution in [3.63, 3.8) is 0 Å². The van der Waals surface area contributed by atoms with E-state index in [9.17, 15) is 29.1 Å². The molecule has 1 aromatic rings. The van der Waals surface area contributed by atoms with Crippen LogP contribution < -0.4 is 0 Å². The van der Waals surface area contributed by atoms with Crippen LogP contribution in [0.25, 0.3) is 0 Å². The van der Waals surface area contributed by atoms with E-state index < -0.39 is 88.5 Å². The molecular formula is C38H48O12. The van der Waals surface area contributed by atoms with Crippen LogP contribution in [0.1, 0.15) is 86.0 Å². The molecule has 2 heterocycles. The Morgan fingerprint density at radius 1 is 0.840 bits per heavy atom. The Labute approximate surface area is 292 Å². The lowest BCUT2D eigenvalue weighted by Gasteiger charge is -2.41. The van der Waals surface area contributed by atoms with E-state index in [0.717, 1.165) is 6.92 Å². The first kappa shape index (κ1) is 38.5. The fourth-order valence-corrected chi connectivity index (χ4v) is 7.21. The second-order valence-corrected chi connectivity index (χ2v) is 14.2. The minimum atomic E-state index is -2.32. The zero-order valence-corrected chi connectivity index (χ0v) is 30.3. The predicted octanol–water partition coefficient (Wildman–Crippen LogP) is 4.93. The Morgan fingerprint density at radius 3 is 2.00 bits per heavy atom. The van der Waals surface area contributed by atoms with Crippen molar-refractivity contribution in [3.8, 4) is 0 Å². The van der Waals surface area contributed by atoms with E-state index in [1.54, 1.807) is 90.1 Å². The summed E-state index contributed by atoms with van der Waals surface area (Å²) in [5.74, 6) is -7.08. The first-order valence-corrected chi connectivity index (χ1v) is 16.7. The van der Waals surface area contributed by atoms with Crippen molar-refractivity contribution in [2.75, 3.05) is 0 Å². The van der Waals surface area contributed by atoms with Crippen molar-refractivity contribution in [2.45, 2.75) is 117 Å². The van der Waals surface area contributed by atoms with Crippen LogP contribution in [0.5, 0.6) is 0 Å². The van der Waals surface area contributed by atoms with Crippen molar-refractivity contribution >= 4 is 29.8 Å². The molecule has 3 aliphatic rings. The molecule has 1 aliphatic carbocycles. The first-order valence-electron chi connectivity index (χ1n) is 16.7. The number of fused-ring (bicyclic) bond motifs is 3. The summed E-state index contributed by atoms with van der Waals surface area (Å²) >= 11 is 0. The molecule has 2 fully saturated rings. The quantitative estimate of drug-likeness (QED) is 0.177. The van der Waals surface area contributed by atoms with Gasteiger partial charge in [-0.2, -0.15) is 0 Å². The number of aliphatic hydroxyl groups is 1. The third-order valence-electron chi connectivity index (χ3n) is 9.80. The van der Waals surface area contributed by atoms with Crippen LogP contribution in [-0.4, -0.2) is 76.4 Å². The number of benzene rings is 1. The molecule has 50 heavy (non-hydrogen) atoms. The maximum absolute atomic E-state index is 13.6. The molecule has 2 aliphatic heterocycles. The normalized spacial score (nSPS) is 36.4. The number of esters is 5. The van der Waals surface area contributed by atoms with Crippen molar-refractivity contribution < 1.29 is 57.5 Å². The number of hydrogen-bond acceptors (Lipinski definition) is 12. The summed E-state index contributed by atoms with van der Waals surface area (Å²) in [7, 11) is 0. The highest BCUT2D eigenvalue weighted by Gasteiger charge is 2.70. The van der Waals surface area contributed by atoms with Crippen molar-refractivity contribution in [1.82, 2.24) is 0 Å². The average Bonchev–Trinajstić information content (AvgIpc) is 3.39. The lowest BCUT2D eigenvalue weighted by Crippen LogP contribution is -2.56. The van der Waals surface area contributed by atoms with Crippen molar-refractivity contribution in [2.24, 2.45) is 17.3 Å². The highest BCUT2D eigenvalue weighted by molar-refractivity contribution is 5.90. The van der Waals surface area contributed by atoms with Gasteiger partial charge in [-0.1, -0.05) is 64.1 Å². The van der Waals surface area contributed by atoms with E-state index in [0.29, 0.717) is 0 Å². The van der Waals surface area contributed by atoms with Gasteiger partial charge in [0.15, 0.2) is 23.9 Å². The fourth-order valence-electron chi connectivity index (χ4n) is 7.21. The van der Waals surface area contributed by atoms with Gasteiger partial charge in [0.05, 0.1) is 5.56 Å². The minimum Gasteiger partial charge on any atom is -0.457 e. The van der Waals surface area contributed by atoms with E-state index in [-0.39, 0.29) is 23.1 Å². The largest absolute Gasteiger partial charge is 0.457 e. The lowest BCUT2D eigenvalue weighted by atomic mass is 9.75. The number of hydrogen-bond donors (Lipinski definition) is 1. The molecule has 12 nitrogen and oxygen atoms in total. The zero-order chi connectivity index (χ0) is 37.4. The summed E-state index contributed by atoms with van der Waals surface area (Å²) in [6.07, 6.45) is 1.08. The molecule has 0 radical (unpaired) electrons. The standard InChI is InChI=1S/C38H48O12/c1-11-21(2)33(42)48-31-32(46-25(6)40)38(44)35(8,9)18-17-22(3)30(45-24(5)39)37(49-26(7)41)19-23(4)29(28(37)20-36(31,10)50-38)47-34(43)27-15-13-12-14-16-27/h11-18,20,22-23,29-32,44H,19H2,1-10H3/b18-17+,21-11+,28-20+/t22-,23+,29+,30+,31-,32+,36+,37-,38+/m1/s1. The topological polar surface area (TPSA) is 161 Å². The molecule has 9 atom stereocenters. The van der Waals surface area contributed by atoms with Gasteiger partial charge in [-0.3, -0.25) is 14.4 Å². The molecule has 0 unspecified atom stereocenters. The van der Waals surface area contributed by atoms with E-state index in [1.807, 2.05) is 0 Å².